The van der Waals surface area contributed by atoms with Crippen LogP contribution in [0.15, 0.2) is 24.3 Å². The predicted octanol–water partition coefficient (Wildman–Crippen LogP) is 1.96. The molecule has 1 aromatic rings. The maximum Gasteiger partial charge on any atom is 0.314 e. The highest BCUT2D eigenvalue weighted by molar-refractivity contribution is 5.88. The van der Waals surface area contributed by atoms with Crippen LogP contribution in [0.1, 0.15) is 19.8 Å². The fourth-order valence-corrected chi connectivity index (χ4v) is 1.33. The van der Waals surface area contributed by atoms with E-state index in [1.807, 2.05) is 0 Å². The number of anilines is 1. The van der Waals surface area contributed by atoms with E-state index in [2.05, 4.69) is 5.32 Å². The van der Waals surface area contributed by atoms with Crippen LogP contribution in [0.2, 0.25) is 0 Å². The third-order valence-electron chi connectivity index (χ3n) is 2.30. The summed E-state index contributed by atoms with van der Waals surface area (Å²) in [6.07, 6.45) is 1.87. The number of hydrogen-bond donors (Lipinski definition) is 1. The van der Waals surface area contributed by atoms with E-state index in [1.54, 1.807) is 24.3 Å². The molecule has 0 aromatic heterocycles. The van der Waals surface area contributed by atoms with Gasteiger partial charge in [-0.3, -0.25) is 9.59 Å². The second kappa shape index (κ2) is 4.35. The van der Waals surface area contributed by atoms with Crippen LogP contribution in [0.5, 0.6) is 5.75 Å². The number of esters is 1. The van der Waals surface area contributed by atoms with E-state index < -0.39 is 0 Å². The Bertz CT molecular complexity index is 407. The normalized spacial score (nSPS) is 14.3. The molecule has 2 rings (SSSR count). The standard InChI is InChI=1S/C12H13NO3/c1-8(14)13-10-4-6-11(7-5-10)16-12(15)9-2-3-9/h4-7,9H,2-3H2,1H3,(H,13,14). The summed E-state index contributed by atoms with van der Waals surface area (Å²) in [5, 5.41) is 2.64. The Morgan fingerprint density at radius 1 is 1.25 bits per heavy atom. The monoisotopic (exact) mass is 219 g/mol. The lowest BCUT2D eigenvalue weighted by atomic mass is 10.3. The average molecular weight is 219 g/mol. The summed E-state index contributed by atoms with van der Waals surface area (Å²) in [6.45, 7) is 1.45. The third-order valence-corrected chi connectivity index (χ3v) is 2.30. The van der Waals surface area contributed by atoms with E-state index in [-0.39, 0.29) is 17.8 Å². The van der Waals surface area contributed by atoms with Crippen molar-refractivity contribution in [1.29, 1.82) is 0 Å². The highest BCUT2D eigenvalue weighted by Crippen LogP contribution is 2.30. The van der Waals surface area contributed by atoms with Gasteiger partial charge in [0.15, 0.2) is 0 Å². The first-order valence-corrected chi connectivity index (χ1v) is 5.24. The van der Waals surface area contributed by atoms with E-state index in [0.29, 0.717) is 11.4 Å². The molecular formula is C12H13NO3. The molecule has 0 heterocycles. The van der Waals surface area contributed by atoms with Crippen LogP contribution >= 0.6 is 0 Å². The van der Waals surface area contributed by atoms with Gasteiger partial charge in [0.25, 0.3) is 0 Å². The number of amides is 1. The molecule has 1 aromatic carbocycles. The molecule has 0 atom stereocenters. The summed E-state index contributed by atoms with van der Waals surface area (Å²) in [7, 11) is 0. The molecule has 0 unspecified atom stereocenters. The molecule has 1 N–H and O–H groups in total. The van der Waals surface area contributed by atoms with Crippen molar-refractivity contribution >= 4 is 17.6 Å². The number of benzene rings is 1. The van der Waals surface area contributed by atoms with Crippen molar-refractivity contribution in [2.45, 2.75) is 19.8 Å². The van der Waals surface area contributed by atoms with Gasteiger partial charge >= 0.3 is 5.97 Å². The predicted molar refractivity (Wildman–Crippen MR) is 59.1 cm³/mol. The van der Waals surface area contributed by atoms with Crippen LogP contribution in [-0.2, 0) is 9.59 Å². The molecule has 1 saturated carbocycles. The number of carbonyl (C=O) groups excluding carboxylic acids is 2. The molecule has 1 aliphatic rings. The Morgan fingerprint density at radius 3 is 2.38 bits per heavy atom. The van der Waals surface area contributed by atoms with E-state index in [0.717, 1.165) is 12.8 Å². The van der Waals surface area contributed by atoms with Crippen molar-refractivity contribution in [1.82, 2.24) is 0 Å². The highest BCUT2D eigenvalue weighted by Gasteiger charge is 2.31. The Morgan fingerprint density at radius 2 is 1.88 bits per heavy atom. The van der Waals surface area contributed by atoms with Gasteiger partial charge in [0.05, 0.1) is 5.92 Å². The lowest BCUT2D eigenvalue weighted by Gasteiger charge is -2.05. The van der Waals surface area contributed by atoms with Gasteiger partial charge in [-0.2, -0.15) is 0 Å². The smallest absolute Gasteiger partial charge is 0.314 e. The Hall–Kier alpha value is -1.84. The number of rotatable bonds is 3. The minimum Gasteiger partial charge on any atom is -0.426 e. The summed E-state index contributed by atoms with van der Waals surface area (Å²) in [6, 6.07) is 6.75. The summed E-state index contributed by atoms with van der Waals surface area (Å²) in [5.41, 5.74) is 0.693. The first-order valence-electron chi connectivity index (χ1n) is 5.24. The molecule has 4 nitrogen and oxygen atoms in total. The maximum atomic E-state index is 11.3. The first-order chi connectivity index (χ1) is 7.65. The lowest BCUT2D eigenvalue weighted by Crippen LogP contribution is -2.10. The van der Waals surface area contributed by atoms with E-state index in [9.17, 15) is 9.59 Å². The minimum absolute atomic E-state index is 0.0926. The zero-order chi connectivity index (χ0) is 11.5. The Balaban J connectivity index is 1.95. The maximum absolute atomic E-state index is 11.3. The first kappa shape index (κ1) is 10.7. The van der Waals surface area contributed by atoms with Gasteiger partial charge in [0, 0.05) is 12.6 Å². The summed E-state index contributed by atoms with van der Waals surface area (Å²) < 4.78 is 5.15. The molecule has 0 radical (unpaired) electrons. The van der Waals surface area contributed by atoms with E-state index in [1.165, 1.54) is 6.92 Å². The quantitative estimate of drug-likeness (QED) is 0.624. The summed E-state index contributed by atoms with van der Waals surface area (Å²) in [5.74, 6) is 0.330. The molecule has 4 heteroatoms. The Labute approximate surface area is 93.6 Å². The van der Waals surface area contributed by atoms with Crippen LogP contribution in [0, 0.1) is 5.92 Å². The number of carbonyl (C=O) groups is 2. The fraction of sp³-hybridized carbons (Fsp3) is 0.333. The van der Waals surface area contributed by atoms with Gasteiger partial charge in [0.1, 0.15) is 5.75 Å². The van der Waals surface area contributed by atoms with Crippen molar-refractivity contribution < 1.29 is 14.3 Å². The molecule has 16 heavy (non-hydrogen) atoms. The molecule has 1 aliphatic carbocycles. The molecular weight excluding hydrogens is 206 g/mol. The average Bonchev–Trinajstić information content (AvgIpc) is 3.03. The molecule has 0 saturated heterocycles. The Kier molecular flexibility index (Phi) is 2.90. The SMILES string of the molecule is CC(=O)Nc1ccc(OC(=O)C2CC2)cc1. The molecule has 0 spiro atoms. The number of ether oxygens (including phenoxy) is 1. The van der Waals surface area contributed by atoms with Crippen molar-refractivity contribution in [2.75, 3.05) is 5.32 Å². The summed E-state index contributed by atoms with van der Waals surface area (Å²) in [4.78, 5) is 22.1. The number of hydrogen-bond acceptors (Lipinski definition) is 3. The van der Waals surface area contributed by atoms with Crippen molar-refractivity contribution in [3.8, 4) is 5.75 Å². The topological polar surface area (TPSA) is 55.4 Å². The van der Waals surface area contributed by atoms with Crippen molar-refractivity contribution in [2.24, 2.45) is 5.92 Å². The van der Waals surface area contributed by atoms with Crippen LogP contribution in [0.3, 0.4) is 0 Å². The minimum atomic E-state index is -0.160. The zero-order valence-corrected chi connectivity index (χ0v) is 9.03. The molecule has 0 bridgehead atoms. The van der Waals surface area contributed by atoms with Gasteiger partial charge in [-0.15, -0.1) is 0 Å². The van der Waals surface area contributed by atoms with Gasteiger partial charge in [-0.05, 0) is 37.1 Å². The summed E-state index contributed by atoms with van der Waals surface area (Å²) >= 11 is 0. The van der Waals surface area contributed by atoms with Gasteiger partial charge in [-0.25, -0.2) is 0 Å². The van der Waals surface area contributed by atoms with Crippen molar-refractivity contribution in [3.63, 3.8) is 0 Å². The van der Waals surface area contributed by atoms with Crippen LogP contribution in [0.4, 0.5) is 5.69 Å². The van der Waals surface area contributed by atoms with Gasteiger partial charge in [0.2, 0.25) is 5.91 Å². The van der Waals surface area contributed by atoms with Crippen molar-refractivity contribution in [3.05, 3.63) is 24.3 Å². The second-order valence-corrected chi connectivity index (χ2v) is 3.90. The number of nitrogens with one attached hydrogen (secondary N) is 1. The van der Waals surface area contributed by atoms with Crippen LogP contribution < -0.4 is 10.1 Å². The fourth-order valence-electron chi connectivity index (χ4n) is 1.33. The zero-order valence-electron chi connectivity index (χ0n) is 9.03. The highest BCUT2D eigenvalue weighted by atomic mass is 16.5. The largest absolute Gasteiger partial charge is 0.426 e. The van der Waals surface area contributed by atoms with Crippen LogP contribution in [0.25, 0.3) is 0 Å². The molecule has 84 valence electrons. The van der Waals surface area contributed by atoms with Crippen LogP contribution in [-0.4, -0.2) is 11.9 Å². The van der Waals surface area contributed by atoms with E-state index in [4.69, 9.17) is 4.74 Å². The third kappa shape index (κ3) is 2.82. The van der Waals surface area contributed by atoms with Gasteiger partial charge in [-0.1, -0.05) is 0 Å². The molecule has 0 aliphatic heterocycles. The molecule has 1 amide bonds. The molecule has 1 fully saturated rings. The van der Waals surface area contributed by atoms with Gasteiger partial charge < -0.3 is 10.1 Å². The lowest BCUT2D eigenvalue weighted by molar-refractivity contribution is -0.135. The second-order valence-electron chi connectivity index (χ2n) is 3.90. The van der Waals surface area contributed by atoms with E-state index >= 15 is 0 Å².